The number of hydrogen-bond acceptors (Lipinski definition) is 3. The molecule has 1 saturated heterocycles. The Labute approximate surface area is 117 Å². The van der Waals surface area contributed by atoms with Crippen molar-refractivity contribution in [2.24, 2.45) is 0 Å². The summed E-state index contributed by atoms with van der Waals surface area (Å²) in [5.74, 6) is 0. The summed E-state index contributed by atoms with van der Waals surface area (Å²) in [5, 5.41) is 8.74. The second-order valence-electron chi connectivity index (χ2n) is 5.26. The van der Waals surface area contributed by atoms with Gasteiger partial charge in [-0.25, -0.2) is 0 Å². The average Bonchev–Trinajstić information content (AvgIpc) is 2.44. The molecular formula is C16H28O3. The minimum Gasteiger partial charge on any atom is -0.396 e. The Bertz CT molecular complexity index is 288. The second kappa shape index (κ2) is 10.2. The number of ether oxygens (including phenoxy) is 2. The Morgan fingerprint density at radius 3 is 2.68 bits per heavy atom. The summed E-state index contributed by atoms with van der Waals surface area (Å²) < 4.78 is 11.3. The van der Waals surface area contributed by atoms with Gasteiger partial charge >= 0.3 is 0 Å². The molecule has 1 fully saturated rings. The van der Waals surface area contributed by atoms with Crippen molar-refractivity contribution < 1.29 is 14.6 Å². The van der Waals surface area contributed by atoms with Crippen LogP contribution in [0.1, 0.15) is 52.4 Å². The molecule has 1 heterocycles. The lowest BCUT2D eigenvalue weighted by molar-refractivity contribution is -0.156. The Morgan fingerprint density at radius 2 is 2.00 bits per heavy atom. The number of aliphatic hydroxyl groups excluding tert-OH is 1. The smallest absolute Gasteiger partial charge is 0.158 e. The first kappa shape index (κ1) is 16.4. The van der Waals surface area contributed by atoms with Crippen LogP contribution in [-0.2, 0) is 9.47 Å². The minimum atomic E-state index is 0.00304. The summed E-state index contributed by atoms with van der Waals surface area (Å²) in [6.45, 7) is 5.97. The normalized spacial score (nSPS) is 21.7. The van der Waals surface area contributed by atoms with Gasteiger partial charge in [0.15, 0.2) is 6.29 Å². The molecule has 1 rings (SSSR count). The molecule has 0 aromatic rings. The molecule has 0 aromatic heterocycles. The topological polar surface area (TPSA) is 38.7 Å². The maximum atomic E-state index is 8.74. The van der Waals surface area contributed by atoms with Crippen LogP contribution >= 0.6 is 0 Å². The predicted octanol–water partition coefficient (Wildman–Crippen LogP) is 3.58. The van der Waals surface area contributed by atoms with E-state index in [1.807, 2.05) is 0 Å². The number of hydrogen-bond donors (Lipinski definition) is 1. The van der Waals surface area contributed by atoms with Gasteiger partial charge in [0.05, 0.1) is 6.61 Å². The molecule has 1 atom stereocenters. The van der Waals surface area contributed by atoms with Crippen LogP contribution in [0.5, 0.6) is 0 Å². The monoisotopic (exact) mass is 268 g/mol. The van der Waals surface area contributed by atoms with Gasteiger partial charge in [-0.2, -0.15) is 0 Å². The molecule has 1 aliphatic rings. The highest BCUT2D eigenvalue weighted by Gasteiger charge is 2.13. The van der Waals surface area contributed by atoms with Gasteiger partial charge in [-0.15, -0.1) is 0 Å². The Morgan fingerprint density at radius 1 is 1.21 bits per heavy atom. The van der Waals surface area contributed by atoms with Crippen molar-refractivity contribution in [2.75, 3.05) is 19.8 Å². The Balaban J connectivity index is 2.14. The van der Waals surface area contributed by atoms with Gasteiger partial charge in [0.1, 0.15) is 0 Å². The first-order chi connectivity index (χ1) is 9.22. The third-order valence-corrected chi connectivity index (χ3v) is 3.29. The summed E-state index contributed by atoms with van der Waals surface area (Å²) in [6.07, 6.45) is 10.6. The molecule has 0 aliphatic carbocycles. The predicted molar refractivity (Wildman–Crippen MR) is 78.0 cm³/mol. The maximum absolute atomic E-state index is 8.74. The lowest BCUT2D eigenvalue weighted by Gasteiger charge is -2.22. The molecule has 1 N–H and O–H groups in total. The highest BCUT2D eigenvalue weighted by Crippen LogP contribution is 2.15. The van der Waals surface area contributed by atoms with Crippen LogP contribution in [0, 0.1) is 0 Å². The molecule has 0 spiro atoms. The first-order valence-electron chi connectivity index (χ1n) is 7.37. The molecule has 1 unspecified atom stereocenters. The zero-order valence-electron chi connectivity index (χ0n) is 12.4. The van der Waals surface area contributed by atoms with E-state index < -0.39 is 0 Å². The van der Waals surface area contributed by atoms with Crippen LogP contribution in [0.15, 0.2) is 23.3 Å². The van der Waals surface area contributed by atoms with Crippen LogP contribution in [-0.4, -0.2) is 31.2 Å². The number of aliphatic hydroxyl groups is 1. The minimum absolute atomic E-state index is 0.00304. The molecule has 0 radical (unpaired) electrons. The van der Waals surface area contributed by atoms with Gasteiger partial charge in [0.2, 0.25) is 0 Å². The fraction of sp³-hybridized carbons (Fsp3) is 0.750. The van der Waals surface area contributed by atoms with Gasteiger partial charge in [0, 0.05) is 13.2 Å². The van der Waals surface area contributed by atoms with Crippen LogP contribution < -0.4 is 0 Å². The van der Waals surface area contributed by atoms with Crippen LogP contribution in [0.4, 0.5) is 0 Å². The standard InChI is InChI=1S/C16H28O3/c1-14(9-6-11-17)7-5-8-15(2)13-19-16-10-3-4-12-18-16/h8-9,16-17H,3-7,10-13H2,1-2H3/b14-9+,15-8+. The van der Waals surface area contributed by atoms with E-state index in [1.54, 1.807) is 0 Å². The number of rotatable bonds is 8. The SMILES string of the molecule is C/C(=C\CCO)CC/C=C(\C)COC1CCCCO1. The van der Waals surface area contributed by atoms with Crippen molar-refractivity contribution in [1.82, 2.24) is 0 Å². The van der Waals surface area contributed by atoms with Crippen molar-refractivity contribution in [3.05, 3.63) is 23.3 Å². The van der Waals surface area contributed by atoms with Crippen LogP contribution in [0.3, 0.4) is 0 Å². The zero-order valence-corrected chi connectivity index (χ0v) is 12.4. The Kier molecular flexibility index (Phi) is 8.80. The van der Waals surface area contributed by atoms with E-state index in [9.17, 15) is 0 Å². The van der Waals surface area contributed by atoms with E-state index in [-0.39, 0.29) is 12.9 Å². The van der Waals surface area contributed by atoms with Crippen LogP contribution in [0.2, 0.25) is 0 Å². The summed E-state index contributed by atoms with van der Waals surface area (Å²) in [6, 6.07) is 0. The van der Waals surface area contributed by atoms with E-state index in [0.29, 0.717) is 6.61 Å². The molecule has 0 saturated carbocycles. The molecule has 0 amide bonds. The third kappa shape index (κ3) is 8.19. The molecule has 3 nitrogen and oxygen atoms in total. The van der Waals surface area contributed by atoms with Gasteiger partial charge in [-0.05, 0) is 52.4 Å². The van der Waals surface area contributed by atoms with Crippen LogP contribution in [0.25, 0.3) is 0 Å². The summed E-state index contributed by atoms with van der Waals surface area (Å²) in [4.78, 5) is 0. The van der Waals surface area contributed by atoms with Gasteiger partial charge < -0.3 is 14.6 Å². The highest BCUT2D eigenvalue weighted by atomic mass is 16.7. The lowest BCUT2D eigenvalue weighted by atomic mass is 10.1. The maximum Gasteiger partial charge on any atom is 0.158 e. The first-order valence-corrected chi connectivity index (χ1v) is 7.37. The molecule has 3 heteroatoms. The Hall–Kier alpha value is -0.640. The van der Waals surface area contributed by atoms with Crippen molar-refractivity contribution in [3.63, 3.8) is 0 Å². The van der Waals surface area contributed by atoms with E-state index in [0.717, 1.165) is 38.7 Å². The molecule has 19 heavy (non-hydrogen) atoms. The number of allylic oxidation sites excluding steroid dienone is 2. The summed E-state index contributed by atoms with van der Waals surface area (Å²) in [5.41, 5.74) is 2.61. The van der Waals surface area contributed by atoms with Crippen molar-refractivity contribution in [3.8, 4) is 0 Å². The molecular weight excluding hydrogens is 240 g/mol. The molecule has 0 bridgehead atoms. The van der Waals surface area contributed by atoms with Gasteiger partial charge in [-0.1, -0.05) is 23.3 Å². The molecule has 1 aliphatic heterocycles. The van der Waals surface area contributed by atoms with E-state index in [1.165, 1.54) is 17.6 Å². The highest BCUT2D eigenvalue weighted by molar-refractivity contribution is 5.03. The fourth-order valence-corrected chi connectivity index (χ4v) is 2.09. The largest absolute Gasteiger partial charge is 0.396 e. The summed E-state index contributed by atoms with van der Waals surface area (Å²) in [7, 11) is 0. The van der Waals surface area contributed by atoms with Crippen molar-refractivity contribution in [1.29, 1.82) is 0 Å². The van der Waals surface area contributed by atoms with E-state index >= 15 is 0 Å². The quantitative estimate of drug-likeness (QED) is 0.684. The van der Waals surface area contributed by atoms with Crippen molar-refractivity contribution >= 4 is 0 Å². The van der Waals surface area contributed by atoms with E-state index in [2.05, 4.69) is 26.0 Å². The van der Waals surface area contributed by atoms with Crippen molar-refractivity contribution in [2.45, 2.75) is 58.7 Å². The second-order valence-corrected chi connectivity index (χ2v) is 5.26. The molecule has 110 valence electrons. The summed E-state index contributed by atoms with van der Waals surface area (Å²) >= 11 is 0. The zero-order chi connectivity index (χ0) is 13.9. The van der Waals surface area contributed by atoms with E-state index in [4.69, 9.17) is 14.6 Å². The lowest BCUT2D eigenvalue weighted by Crippen LogP contribution is -2.22. The molecule has 0 aromatic carbocycles. The fourth-order valence-electron chi connectivity index (χ4n) is 2.09. The average molecular weight is 268 g/mol. The third-order valence-electron chi connectivity index (χ3n) is 3.29. The van der Waals surface area contributed by atoms with Gasteiger partial charge in [-0.3, -0.25) is 0 Å². The van der Waals surface area contributed by atoms with Gasteiger partial charge in [0.25, 0.3) is 0 Å².